The van der Waals surface area contributed by atoms with Gasteiger partial charge in [-0.3, -0.25) is 4.79 Å². The van der Waals surface area contributed by atoms with Crippen LogP contribution in [-0.4, -0.2) is 55.3 Å². The standard InChI is InChI=1S/C16H24N2O3/c1-18-11-5-9-16(20,15(18)19)12-17-10-8-13-6-3-4-7-14(13)21-2/h3-4,6-7,17,20H,5,8-12H2,1-2H3. The highest BCUT2D eigenvalue weighted by Gasteiger charge is 2.40. The molecule has 116 valence electrons. The van der Waals surface area contributed by atoms with Gasteiger partial charge in [0.15, 0.2) is 5.60 Å². The predicted octanol–water partition coefficient (Wildman–Crippen LogP) is 0.811. The highest BCUT2D eigenvalue weighted by molar-refractivity contribution is 5.85. The molecule has 1 aromatic rings. The monoisotopic (exact) mass is 292 g/mol. The average Bonchev–Trinajstić information content (AvgIpc) is 2.50. The number of carbonyl (C=O) groups is 1. The molecule has 1 aliphatic rings. The fraction of sp³-hybridized carbons (Fsp3) is 0.562. The van der Waals surface area contributed by atoms with E-state index in [4.69, 9.17) is 4.74 Å². The molecule has 1 aliphatic heterocycles. The number of nitrogens with zero attached hydrogens (tertiary/aromatic N) is 1. The quantitative estimate of drug-likeness (QED) is 0.762. The third-order valence-electron chi connectivity index (χ3n) is 4.01. The van der Waals surface area contributed by atoms with Gasteiger partial charge in [-0.25, -0.2) is 0 Å². The van der Waals surface area contributed by atoms with Crippen molar-refractivity contribution in [3.8, 4) is 5.75 Å². The van der Waals surface area contributed by atoms with E-state index in [1.807, 2.05) is 24.3 Å². The van der Waals surface area contributed by atoms with Gasteiger partial charge in [0.25, 0.3) is 5.91 Å². The number of likely N-dealkylation sites (tertiary alicyclic amines) is 1. The van der Waals surface area contributed by atoms with Crippen LogP contribution in [0.3, 0.4) is 0 Å². The van der Waals surface area contributed by atoms with Crippen LogP contribution in [0, 0.1) is 0 Å². The molecule has 1 aromatic carbocycles. The summed E-state index contributed by atoms with van der Waals surface area (Å²) in [7, 11) is 3.40. The van der Waals surface area contributed by atoms with Crippen molar-refractivity contribution < 1.29 is 14.6 Å². The number of nitrogens with one attached hydrogen (secondary N) is 1. The fourth-order valence-electron chi connectivity index (χ4n) is 2.76. The van der Waals surface area contributed by atoms with Gasteiger partial charge in [-0.15, -0.1) is 0 Å². The predicted molar refractivity (Wildman–Crippen MR) is 81.4 cm³/mol. The van der Waals surface area contributed by atoms with E-state index in [2.05, 4.69) is 5.32 Å². The van der Waals surface area contributed by atoms with Gasteiger partial charge in [-0.1, -0.05) is 18.2 Å². The molecule has 1 saturated heterocycles. The van der Waals surface area contributed by atoms with Crippen LogP contribution < -0.4 is 10.1 Å². The first-order chi connectivity index (χ1) is 10.1. The summed E-state index contributed by atoms with van der Waals surface area (Å²) in [6.45, 7) is 1.72. The SMILES string of the molecule is COc1ccccc1CCNCC1(O)CCCN(C)C1=O. The summed E-state index contributed by atoms with van der Waals surface area (Å²) < 4.78 is 5.31. The minimum absolute atomic E-state index is 0.182. The van der Waals surface area contributed by atoms with Crippen molar-refractivity contribution in [1.29, 1.82) is 0 Å². The second-order valence-corrected chi connectivity index (χ2v) is 5.60. The Morgan fingerprint density at radius 2 is 2.19 bits per heavy atom. The summed E-state index contributed by atoms with van der Waals surface area (Å²) in [5.41, 5.74) is -0.139. The maximum Gasteiger partial charge on any atom is 0.255 e. The van der Waals surface area contributed by atoms with Gasteiger partial charge in [-0.05, 0) is 37.4 Å². The molecule has 5 nitrogen and oxygen atoms in total. The Balaban J connectivity index is 1.83. The van der Waals surface area contributed by atoms with Crippen molar-refractivity contribution in [3.05, 3.63) is 29.8 Å². The van der Waals surface area contributed by atoms with Crippen LogP contribution >= 0.6 is 0 Å². The van der Waals surface area contributed by atoms with E-state index >= 15 is 0 Å². The van der Waals surface area contributed by atoms with Crippen LogP contribution in [0.25, 0.3) is 0 Å². The Hall–Kier alpha value is -1.59. The van der Waals surface area contributed by atoms with E-state index in [0.717, 1.165) is 30.7 Å². The molecule has 1 heterocycles. The lowest BCUT2D eigenvalue weighted by molar-refractivity contribution is -0.154. The number of carbonyl (C=O) groups excluding carboxylic acids is 1. The van der Waals surface area contributed by atoms with E-state index in [9.17, 15) is 9.90 Å². The first kappa shape index (κ1) is 15.8. The molecule has 2 N–H and O–H groups in total. The zero-order chi connectivity index (χ0) is 15.3. The van der Waals surface area contributed by atoms with E-state index in [1.54, 1.807) is 19.1 Å². The number of benzene rings is 1. The molecular formula is C16H24N2O3. The third-order valence-corrected chi connectivity index (χ3v) is 4.01. The molecule has 1 atom stereocenters. The van der Waals surface area contributed by atoms with E-state index in [1.165, 1.54) is 0 Å². The highest BCUT2D eigenvalue weighted by Crippen LogP contribution is 2.21. The van der Waals surface area contributed by atoms with E-state index < -0.39 is 5.60 Å². The summed E-state index contributed by atoms with van der Waals surface area (Å²) >= 11 is 0. The molecule has 1 fully saturated rings. The lowest BCUT2D eigenvalue weighted by Gasteiger charge is -2.36. The summed E-state index contributed by atoms with van der Waals surface area (Å²) in [5, 5.41) is 13.6. The number of rotatable bonds is 6. The van der Waals surface area contributed by atoms with Gasteiger partial charge in [0.1, 0.15) is 5.75 Å². The molecular weight excluding hydrogens is 268 g/mol. The number of aliphatic hydroxyl groups is 1. The third kappa shape index (κ3) is 3.74. The Morgan fingerprint density at radius 3 is 2.95 bits per heavy atom. The van der Waals surface area contributed by atoms with Crippen molar-refractivity contribution in [2.75, 3.05) is 33.8 Å². The van der Waals surface area contributed by atoms with Crippen molar-refractivity contribution >= 4 is 5.91 Å². The summed E-state index contributed by atoms with van der Waals surface area (Å²) in [4.78, 5) is 13.6. The van der Waals surface area contributed by atoms with Gasteiger partial charge in [0, 0.05) is 20.1 Å². The Kier molecular flexibility index (Phi) is 5.20. The smallest absolute Gasteiger partial charge is 0.255 e. The zero-order valence-electron chi connectivity index (χ0n) is 12.8. The topological polar surface area (TPSA) is 61.8 Å². The summed E-state index contributed by atoms with van der Waals surface area (Å²) in [6, 6.07) is 7.87. The Morgan fingerprint density at radius 1 is 1.43 bits per heavy atom. The molecule has 0 spiro atoms. The number of likely N-dealkylation sites (N-methyl/N-ethyl adjacent to an activating group) is 1. The highest BCUT2D eigenvalue weighted by atomic mass is 16.5. The van der Waals surface area contributed by atoms with Crippen LogP contribution in [0.1, 0.15) is 18.4 Å². The van der Waals surface area contributed by atoms with Crippen molar-refractivity contribution in [2.24, 2.45) is 0 Å². The molecule has 0 bridgehead atoms. The lowest BCUT2D eigenvalue weighted by atomic mass is 9.92. The number of piperidine rings is 1. The van der Waals surface area contributed by atoms with Gasteiger partial charge in [0.2, 0.25) is 0 Å². The van der Waals surface area contributed by atoms with Crippen molar-refractivity contribution in [2.45, 2.75) is 24.9 Å². The number of methoxy groups -OCH3 is 1. The maximum atomic E-state index is 12.0. The number of para-hydroxylation sites is 1. The van der Waals surface area contributed by atoms with Crippen LogP contribution in [0.5, 0.6) is 5.75 Å². The first-order valence-electron chi connectivity index (χ1n) is 7.37. The van der Waals surface area contributed by atoms with Crippen LogP contribution in [0.2, 0.25) is 0 Å². The van der Waals surface area contributed by atoms with Gasteiger partial charge < -0.3 is 20.1 Å². The molecule has 1 amide bonds. The van der Waals surface area contributed by atoms with Crippen LogP contribution in [0.15, 0.2) is 24.3 Å². The molecule has 0 radical (unpaired) electrons. The minimum atomic E-state index is -1.26. The molecule has 0 aromatic heterocycles. The number of amides is 1. The maximum absolute atomic E-state index is 12.0. The van der Waals surface area contributed by atoms with E-state index in [-0.39, 0.29) is 5.91 Å². The van der Waals surface area contributed by atoms with Gasteiger partial charge >= 0.3 is 0 Å². The largest absolute Gasteiger partial charge is 0.496 e. The Bertz CT molecular complexity index is 492. The zero-order valence-corrected chi connectivity index (χ0v) is 12.8. The first-order valence-corrected chi connectivity index (χ1v) is 7.37. The second-order valence-electron chi connectivity index (χ2n) is 5.60. The number of hydrogen-bond donors (Lipinski definition) is 2. The normalized spacial score (nSPS) is 22.4. The molecule has 21 heavy (non-hydrogen) atoms. The molecule has 0 aliphatic carbocycles. The number of hydrogen-bond acceptors (Lipinski definition) is 4. The summed E-state index contributed by atoms with van der Waals surface area (Å²) in [5.74, 6) is 0.685. The molecule has 0 saturated carbocycles. The van der Waals surface area contributed by atoms with Gasteiger partial charge in [0.05, 0.1) is 7.11 Å². The lowest BCUT2D eigenvalue weighted by Crippen LogP contribution is -2.57. The van der Waals surface area contributed by atoms with Crippen molar-refractivity contribution in [3.63, 3.8) is 0 Å². The summed E-state index contributed by atoms with van der Waals surface area (Å²) in [6.07, 6.45) is 2.16. The minimum Gasteiger partial charge on any atom is -0.496 e. The molecule has 1 unspecified atom stereocenters. The number of ether oxygens (including phenoxy) is 1. The van der Waals surface area contributed by atoms with Crippen LogP contribution in [0.4, 0.5) is 0 Å². The molecule has 2 rings (SSSR count). The average molecular weight is 292 g/mol. The second kappa shape index (κ2) is 6.91. The van der Waals surface area contributed by atoms with Gasteiger partial charge in [-0.2, -0.15) is 0 Å². The Labute approximate surface area is 125 Å². The van der Waals surface area contributed by atoms with E-state index in [0.29, 0.717) is 19.5 Å². The van der Waals surface area contributed by atoms with Crippen LogP contribution in [-0.2, 0) is 11.2 Å². The molecule has 5 heteroatoms. The van der Waals surface area contributed by atoms with Crippen molar-refractivity contribution in [1.82, 2.24) is 10.2 Å². The fourth-order valence-corrected chi connectivity index (χ4v) is 2.76.